The van der Waals surface area contributed by atoms with E-state index in [0.29, 0.717) is 5.92 Å². The van der Waals surface area contributed by atoms with Crippen LogP contribution in [0.4, 0.5) is 0 Å². The smallest absolute Gasteiger partial charge is 0.0924 e. The van der Waals surface area contributed by atoms with Gasteiger partial charge in [0, 0.05) is 5.56 Å². The highest BCUT2D eigenvalue weighted by Crippen LogP contribution is 2.29. The van der Waals surface area contributed by atoms with Crippen molar-refractivity contribution in [2.24, 2.45) is 0 Å². The highest BCUT2D eigenvalue weighted by molar-refractivity contribution is 5.63. The Labute approximate surface area is 90.4 Å². The topological polar surface area (TPSA) is 28.7 Å². The molecule has 0 bridgehead atoms. The molecule has 1 heterocycles. The van der Waals surface area contributed by atoms with Crippen molar-refractivity contribution in [3.05, 3.63) is 42.4 Å². The van der Waals surface area contributed by atoms with Crippen LogP contribution in [-0.2, 0) is 0 Å². The molecule has 78 valence electrons. The van der Waals surface area contributed by atoms with Crippen LogP contribution >= 0.6 is 0 Å². The number of rotatable bonds is 3. The van der Waals surface area contributed by atoms with Crippen molar-refractivity contribution >= 4 is 0 Å². The summed E-state index contributed by atoms with van der Waals surface area (Å²) in [5, 5.41) is 0. The number of H-pyrrole nitrogens is 1. The van der Waals surface area contributed by atoms with Gasteiger partial charge in [0.1, 0.15) is 0 Å². The van der Waals surface area contributed by atoms with E-state index in [4.69, 9.17) is 0 Å². The van der Waals surface area contributed by atoms with Crippen molar-refractivity contribution in [1.82, 2.24) is 9.97 Å². The average Bonchev–Trinajstić information content (AvgIpc) is 2.81. The summed E-state index contributed by atoms with van der Waals surface area (Å²) >= 11 is 0. The molecular weight excluding hydrogens is 184 g/mol. The number of nitrogens with zero attached hydrogens (tertiary/aromatic N) is 1. The van der Waals surface area contributed by atoms with Crippen molar-refractivity contribution in [3.8, 4) is 11.3 Å². The van der Waals surface area contributed by atoms with Crippen LogP contribution in [0.25, 0.3) is 11.3 Å². The molecule has 0 radical (unpaired) electrons. The van der Waals surface area contributed by atoms with Crippen LogP contribution in [0.2, 0.25) is 0 Å². The third-order valence-electron chi connectivity index (χ3n) is 2.89. The van der Waals surface area contributed by atoms with Crippen LogP contribution in [0.1, 0.15) is 31.7 Å². The van der Waals surface area contributed by atoms with Gasteiger partial charge in [0.25, 0.3) is 0 Å². The Morgan fingerprint density at radius 1 is 1.33 bits per heavy atom. The first kappa shape index (κ1) is 9.97. The second kappa shape index (κ2) is 4.30. The van der Waals surface area contributed by atoms with Crippen LogP contribution in [0.5, 0.6) is 0 Å². The molecule has 0 spiro atoms. The number of nitrogens with one attached hydrogen (secondary N) is 1. The summed E-state index contributed by atoms with van der Waals surface area (Å²) in [6.07, 6.45) is 4.76. The van der Waals surface area contributed by atoms with Crippen molar-refractivity contribution in [2.75, 3.05) is 0 Å². The van der Waals surface area contributed by atoms with E-state index < -0.39 is 0 Å². The quantitative estimate of drug-likeness (QED) is 0.805. The van der Waals surface area contributed by atoms with Gasteiger partial charge in [-0.3, -0.25) is 0 Å². The van der Waals surface area contributed by atoms with Crippen LogP contribution in [0.3, 0.4) is 0 Å². The third kappa shape index (κ3) is 1.94. The lowest BCUT2D eigenvalue weighted by Crippen LogP contribution is -1.94. The molecule has 2 nitrogen and oxygen atoms in total. The number of benzene rings is 1. The highest BCUT2D eigenvalue weighted by Gasteiger charge is 2.10. The molecule has 15 heavy (non-hydrogen) atoms. The zero-order valence-corrected chi connectivity index (χ0v) is 9.20. The van der Waals surface area contributed by atoms with Gasteiger partial charge < -0.3 is 4.98 Å². The molecule has 2 aromatic rings. The lowest BCUT2D eigenvalue weighted by atomic mass is 9.92. The van der Waals surface area contributed by atoms with Gasteiger partial charge in [0.2, 0.25) is 0 Å². The summed E-state index contributed by atoms with van der Waals surface area (Å²) in [4.78, 5) is 7.23. The van der Waals surface area contributed by atoms with Gasteiger partial charge in [-0.05, 0) is 17.9 Å². The fraction of sp³-hybridized carbons (Fsp3) is 0.308. The van der Waals surface area contributed by atoms with E-state index >= 15 is 0 Å². The van der Waals surface area contributed by atoms with E-state index in [1.54, 1.807) is 6.33 Å². The Bertz CT molecular complexity index is 418. The van der Waals surface area contributed by atoms with Gasteiger partial charge in [-0.25, -0.2) is 4.98 Å². The monoisotopic (exact) mass is 200 g/mol. The maximum absolute atomic E-state index is 4.07. The molecule has 0 fully saturated rings. The van der Waals surface area contributed by atoms with E-state index in [2.05, 4.69) is 48.1 Å². The zero-order valence-electron chi connectivity index (χ0n) is 9.20. The first-order valence-corrected chi connectivity index (χ1v) is 5.40. The van der Waals surface area contributed by atoms with Crippen molar-refractivity contribution in [1.29, 1.82) is 0 Å². The molecule has 0 aliphatic rings. The van der Waals surface area contributed by atoms with Gasteiger partial charge in [-0.2, -0.15) is 0 Å². The minimum Gasteiger partial charge on any atom is -0.345 e. The largest absolute Gasteiger partial charge is 0.345 e. The van der Waals surface area contributed by atoms with E-state index in [-0.39, 0.29) is 0 Å². The predicted octanol–water partition coefficient (Wildman–Crippen LogP) is 3.59. The Morgan fingerprint density at radius 2 is 2.13 bits per heavy atom. The Morgan fingerprint density at radius 3 is 2.80 bits per heavy atom. The molecule has 1 unspecified atom stereocenters. The first-order valence-electron chi connectivity index (χ1n) is 5.40. The second-order valence-corrected chi connectivity index (χ2v) is 3.86. The average molecular weight is 200 g/mol. The minimum atomic E-state index is 0.587. The first-order chi connectivity index (χ1) is 7.33. The number of hydrogen-bond acceptors (Lipinski definition) is 1. The molecule has 2 heteroatoms. The molecule has 0 saturated carbocycles. The Hall–Kier alpha value is -1.57. The summed E-state index contributed by atoms with van der Waals surface area (Å²) in [7, 11) is 0. The predicted molar refractivity (Wildman–Crippen MR) is 62.7 cm³/mol. The molecule has 1 atom stereocenters. The second-order valence-electron chi connectivity index (χ2n) is 3.86. The minimum absolute atomic E-state index is 0.587. The molecule has 1 N–H and O–H groups in total. The summed E-state index contributed by atoms with van der Waals surface area (Å²) in [5.41, 5.74) is 3.76. The summed E-state index contributed by atoms with van der Waals surface area (Å²) in [6, 6.07) is 8.52. The zero-order chi connectivity index (χ0) is 10.7. The number of aromatic amines is 1. The maximum atomic E-state index is 4.07. The van der Waals surface area contributed by atoms with E-state index in [1.165, 1.54) is 11.1 Å². The van der Waals surface area contributed by atoms with Crippen LogP contribution < -0.4 is 0 Å². The molecule has 0 aliphatic carbocycles. The van der Waals surface area contributed by atoms with Crippen LogP contribution in [0, 0.1) is 0 Å². The van der Waals surface area contributed by atoms with E-state index in [0.717, 1.165) is 12.1 Å². The molecule has 0 aliphatic heterocycles. The highest BCUT2D eigenvalue weighted by atomic mass is 14.9. The van der Waals surface area contributed by atoms with Crippen LogP contribution in [-0.4, -0.2) is 9.97 Å². The molecule has 0 amide bonds. The van der Waals surface area contributed by atoms with Gasteiger partial charge >= 0.3 is 0 Å². The molecular formula is C13H16N2. The third-order valence-corrected chi connectivity index (χ3v) is 2.89. The fourth-order valence-corrected chi connectivity index (χ4v) is 1.80. The summed E-state index contributed by atoms with van der Waals surface area (Å²) in [6.45, 7) is 4.48. The SMILES string of the molecule is CCC(C)c1ccccc1-c1cnc[nH]1. The Kier molecular flexibility index (Phi) is 2.86. The lowest BCUT2D eigenvalue weighted by Gasteiger charge is -2.13. The molecule has 2 rings (SSSR count). The fourth-order valence-electron chi connectivity index (χ4n) is 1.80. The molecule has 1 aromatic heterocycles. The lowest BCUT2D eigenvalue weighted by molar-refractivity contribution is 0.735. The van der Waals surface area contributed by atoms with Crippen molar-refractivity contribution < 1.29 is 0 Å². The summed E-state index contributed by atoms with van der Waals surface area (Å²) < 4.78 is 0. The Balaban J connectivity index is 2.47. The molecule has 1 aromatic carbocycles. The van der Waals surface area contributed by atoms with Gasteiger partial charge in [-0.15, -0.1) is 0 Å². The standard InChI is InChI=1S/C13H16N2/c1-3-10(2)11-6-4-5-7-12(11)13-8-14-9-15-13/h4-10H,3H2,1-2H3,(H,14,15). The van der Waals surface area contributed by atoms with E-state index in [9.17, 15) is 0 Å². The van der Waals surface area contributed by atoms with Crippen molar-refractivity contribution in [3.63, 3.8) is 0 Å². The van der Waals surface area contributed by atoms with Gasteiger partial charge in [0.05, 0.1) is 18.2 Å². The summed E-state index contributed by atoms with van der Waals surface area (Å²) in [5.74, 6) is 0.587. The van der Waals surface area contributed by atoms with Gasteiger partial charge in [0.15, 0.2) is 0 Å². The van der Waals surface area contributed by atoms with E-state index in [1.807, 2.05) is 6.20 Å². The maximum Gasteiger partial charge on any atom is 0.0924 e. The number of hydrogen-bond donors (Lipinski definition) is 1. The van der Waals surface area contributed by atoms with Gasteiger partial charge in [-0.1, -0.05) is 38.1 Å². The number of imidazole rings is 1. The van der Waals surface area contributed by atoms with Crippen LogP contribution in [0.15, 0.2) is 36.8 Å². The normalized spacial score (nSPS) is 12.7. The molecule has 0 saturated heterocycles. The number of aromatic nitrogens is 2. The van der Waals surface area contributed by atoms with Crippen molar-refractivity contribution in [2.45, 2.75) is 26.2 Å².